The molecule has 1 atom stereocenters. The van der Waals surface area contributed by atoms with E-state index in [1.807, 2.05) is 6.92 Å². The Balaban J connectivity index is 2.51. The van der Waals surface area contributed by atoms with Gasteiger partial charge in [-0.1, -0.05) is 30.7 Å². The third-order valence-corrected chi connectivity index (χ3v) is 4.18. The molecule has 0 aliphatic carbocycles. The normalized spacial score (nSPS) is 14.6. The van der Waals surface area contributed by atoms with Crippen LogP contribution in [-0.4, -0.2) is 5.11 Å². The van der Waals surface area contributed by atoms with E-state index in [0.29, 0.717) is 16.3 Å². The molecule has 0 radical (unpaired) electrons. The first-order valence-corrected chi connectivity index (χ1v) is 6.50. The van der Waals surface area contributed by atoms with Crippen molar-refractivity contribution < 1.29 is 9.50 Å². The molecular weight excluding hydrogens is 259 g/mol. The summed E-state index contributed by atoms with van der Waals surface area (Å²) in [6.45, 7) is 1.86. The zero-order chi connectivity index (χ0) is 12.5. The van der Waals surface area contributed by atoms with Crippen molar-refractivity contribution in [3.8, 4) is 0 Å². The van der Waals surface area contributed by atoms with E-state index in [9.17, 15) is 9.50 Å². The highest BCUT2D eigenvalue weighted by atomic mass is 35.5. The Kier molecular flexibility index (Phi) is 3.52. The van der Waals surface area contributed by atoms with E-state index >= 15 is 0 Å². The van der Waals surface area contributed by atoms with Crippen LogP contribution in [0.5, 0.6) is 0 Å². The maximum atomic E-state index is 13.2. The van der Waals surface area contributed by atoms with E-state index in [-0.39, 0.29) is 5.82 Å². The van der Waals surface area contributed by atoms with E-state index < -0.39 is 5.60 Å². The van der Waals surface area contributed by atoms with Crippen LogP contribution in [0.4, 0.5) is 4.39 Å². The Bertz CT molecular complexity index is 526. The molecule has 2 rings (SSSR count). The van der Waals surface area contributed by atoms with Gasteiger partial charge in [0.25, 0.3) is 0 Å². The van der Waals surface area contributed by atoms with Gasteiger partial charge >= 0.3 is 0 Å². The van der Waals surface area contributed by atoms with Crippen LogP contribution in [0.25, 0.3) is 0 Å². The second-order valence-corrected chi connectivity index (χ2v) is 5.54. The lowest BCUT2D eigenvalue weighted by Gasteiger charge is -2.26. The molecule has 0 fully saturated rings. The fourth-order valence-corrected chi connectivity index (χ4v) is 3.03. The predicted octanol–water partition coefficient (Wildman–Crippen LogP) is 4.19. The van der Waals surface area contributed by atoms with E-state index in [1.165, 1.54) is 23.5 Å². The quantitative estimate of drug-likeness (QED) is 0.887. The minimum atomic E-state index is -1.17. The molecule has 0 bridgehead atoms. The van der Waals surface area contributed by atoms with Crippen LogP contribution in [0.3, 0.4) is 0 Å². The number of rotatable bonds is 3. The summed E-state index contributed by atoms with van der Waals surface area (Å²) in [7, 11) is 0. The number of benzene rings is 1. The SMILES string of the molecule is CCC(O)(c1cccc(F)c1)c1ccc(Cl)s1. The number of aliphatic hydroxyl groups is 1. The van der Waals surface area contributed by atoms with Crippen LogP contribution in [0.15, 0.2) is 36.4 Å². The standard InChI is InChI=1S/C13H12ClFOS/c1-2-13(16,11-6-7-12(14)17-11)9-4-3-5-10(15)8-9/h3-8,16H,2H2,1H3. The number of hydrogen-bond acceptors (Lipinski definition) is 2. The summed E-state index contributed by atoms with van der Waals surface area (Å²) >= 11 is 7.19. The molecule has 90 valence electrons. The Hall–Kier alpha value is -0.900. The molecule has 4 heteroatoms. The van der Waals surface area contributed by atoms with Gasteiger partial charge in [-0.3, -0.25) is 0 Å². The Morgan fingerprint density at radius 1 is 1.35 bits per heavy atom. The van der Waals surface area contributed by atoms with Crippen molar-refractivity contribution >= 4 is 22.9 Å². The van der Waals surface area contributed by atoms with Crippen LogP contribution in [0.1, 0.15) is 23.8 Å². The highest BCUT2D eigenvalue weighted by molar-refractivity contribution is 7.16. The molecule has 0 aliphatic heterocycles. The first-order chi connectivity index (χ1) is 8.06. The van der Waals surface area contributed by atoms with E-state index in [4.69, 9.17) is 11.6 Å². The molecule has 0 spiro atoms. The molecule has 17 heavy (non-hydrogen) atoms. The molecule has 1 heterocycles. The average Bonchev–Trinajstić information content (AvgIpc) is 2.75. The van der Waals surface area contributed by atoms with Crippen molar-refractivity contribution in [2.45, 2.75) is 18.9 Å². The molecular formula is C13H12ClFOS. The van der Waals surface area contributed by atoms with Crippen molar-refractivity contribution in [1.82, 2.24) is 0 Å². The number of thiophene rings is 1. The molecule has 2 aromatic rings. The van der Waals surface area contributed by atoms with E-state index in [2.05, 4.69) is 0 Å². The van der Waals surface area contributed by atoms with Crippen molar-refractivity contribution in [1.29, 1.82) is 0 Å². The summed E-state index contributed by atoms with van der Waals surface area (Å²) in [5.74, 6) is -0.350. The Morgan fingerprint density at radius 3 is 2.65 bits per heavy atom. The van der Waals surface area contributed by atoms with Gasteiger partial charge in [-0.2, -0.15) is 0 Å². The summed E-state index contributed by atoms with van der Waals surface area (Å²) in [4.78, 5) is 0.732. The minimum absolute atomic E-state index is 0.350. The molecule has 0 saturated carbocycles. The topological polar surface area (TPSA) is 20.2 Å². The first-order valence-electron chi connectivity index (χ1n) is 5.30. The second kappa shape index (κ2) is 4.77. The summed E-state index contributed by atoms with van der Waals surface area (Å²) in [6.07, 6.45) is 0.466. The zero-order valence-electron chi connectivity index (χ0n) is 9.28. The van der Waals surface area contributed by atoms with Crippen molar-refractivity contribution in [3.63, 3.8) is 0 Å². The van der Waals surface area contributed by atoms with Crippen LogP contribution >= 0.6 is 22.9 Å². The fourth-order valence-electron chi connectivity index (χ4n) is 1.80. The lowest BCUT2D eigenvalue weighted by atomic mass is 9.89. The average molecular weight is 271 g/mol. The third kappa shape index (κ3) is 2.37. The Labute approximate surface area is 108 Å². The van der Waals surface area contributed by atoms with Gasteiger partial charge in [0.2, 0.25) is 0 Å². The van der Waals surface area contributed by atoms with Crippen molar-refractivity contribution in [3.05, 3.63) is 57.0 Å². The molecule has 1 N–H and O–H groups in total. The second-order valence-electron chi connectivity index (χ2n) is 3.83. The lowest BCUT2D eigenvalue weighted by Crippen LogP contribution is -2.25. The monoisotopic (exact) mass is 270 g/mol. The lowest BCUT2D eigenvalue weighted by molar-refractivity contribution is 0.0800. The maximum absolute atomic E-state index is 13.2. The molecule has 0 aliphatic rings. The summed E-state index contributed by atoms with van der Waals surface area (Å²) in [6, 6.07) is 9.56. The van der Waals surface area contributed by atoms with E-state index in [0.717, 1.165) is 4.88 Å². The van der Waals surface area contributed by atoms with Crippen LogP contribution in [-0.2, 0) is 5.60 Å². The summed E-state index contributed by atoms with van der Waals surface area (Å²) in [5.41, 5.74) is -0.613. The number of hydrogen-bond donors (Lipinski definition) is 1. The van der Waals surface area contributed by atoms with Gasteiger partial charge in [-0.05, 0) is 36.2 Å². The van der Waals surface area contributed by atoms with Gasteiger partial charge in [0.05, 0.1) is 4.34 Å². The van der Waals surface area contributed by atoms with Gasteiger partial charge in [-0.15, -0.1) is 11.3 Å². The van der Waals surface area contributed by atoms with Crippen molar-refractivity contribution in [2.24, 2.45) is 0 Å². The maximum Gasteiger partial charge on any atom is 0.124 e. The van der Waals surface area contributed by atoms with Crippen LogP contribution in [0, 0.1) is 5.82 Å². The minimum Gasteiger partial charge on any atom is -0.380 e. The largest absolute Gasteiger partial charge is 0.380 e. The van der Waals surface area contributed by atoms with Gasteiger partial charge < -0.3 is 5.11 Å². The fraction of sp³-hybridized carbons (Fsp3) is 0.231. The van der Waals surface area contributed by atoms with Crippen LogP contribution < -0.4 is 0 Å². The number of halogens is 2. The van der Waals surface area contributed by atoms with Crippen molar-refractivity contribution in [2.75, 3.05) is 0 Å². The highest BCUT2D eigenvalue weighted by Gasteiger charge is 2.31. The zero-order valence-corrected chi connectivity index (χ0v) is 10.9. The van der Waals surface area contributed by atoms with Gasteiger partial charge in [0.1, 0.15) is 11.4 Å². The molecule has 1 aromatic carbocycles. The van der Waals surface area contributed by atoms with Gasteiger partial charge in [-0.25, -0.2) is 4.39 Å². The molecule has 0 amide bonds. The molecule has 1 aromatic heterocycles. The van der Waals surface area contributed by atoms with E-state index in [1.54, 1.807) is 24.3 Å². The van der Waals surface area contributed by atoms with Crippen LogP contribution in [0.2, 0.25) is 4.34 Å². The molecule has 1 unspecified atom stereocenters. The van der Waals surface area contributed by atoms with Gasteiger partial charge in [0, 0.05) is 4.88 Å². The van der Waals surface area contributed by atoms with Gasteiger partial charge in [0.15, 0.2) is 0 Å². The molecule has 0 saturated heterocycles. The molecule has 1 nitrogen and oxygen atoms in total. The summed E-state index contributed by atoms with van der Waals surface area (Å²) in [5, 5.41) is 10.7. The smallest absolute Gasteiger partial charge is 0.124 e. The first kappa shape index (κ1) is 12.6. The third-order valence-electron chi connectivity index (χ3n) is 2.79. The summed E-state index contributed by atoms with van der Waals surface area (Å²) < 4.78 is 13.8. The Morgan fingerprint density at radius 2 is 2.12 bits per heavy atom. The highest BCUT2D eigenvalue weighted by Crippen LogP contribution is 2.38. The predicted molar refractivity (Wildman–Crippen MR) is 69.0 cm³/mol.